The normalized spacial score (nSPS) is 10.2. The standard InChI is InChI=1S/C11H16BrN3O2/c12-9-3-4-11(17)15(8-9)7-1-2-10(16)14-6-5-13/h3-4,8H,1-2,5-7,13H2,(H,14,16). The Morgan fingerprint density at radius 3 is 2.94 bits per heavy atom. The minimum atomic E-state index is -0.0597. The molecule has 6 heteroatoms. The molecule has 94 valence electrons. The van der Waals surface area contributed by atoms with E-state index in [0.29, 0.717) is 32.5 Å². The van der Waals surface area contributed by atoms with Crippen molar-refractivity contribution in [2.24, 2.45) is 5.73 Å². The second-order valence-corrected chi connectivity index (χ2v) is 4.54. The van der Waals surface area contributed by atoms with E-state index in [2.05, 4.69) is 21.2 Å². The Morgan fingerprint density at radius 1 is 1.47 bits per heavy atom. The first-order valence-corrected chi connectivity index (χ1v) is 6.25. The predicted molar refractivity (Wildman–Crippen MR) is 69.7 cm³/mol. The van der Waals surface area contributed by atoms with Gasteiger partial charge >= 0.3 is 0 Å². The lowest BCUT2D eigenvalue weighted by molar-refractivity contribution is -0.121. The summed E-state index contributed by atoms with van der Waals surface area (Å²) >= 11 is 3.30. The Kier molecular flexibility index (Phi) is 5.93. The van der Waals surface area contributed by atoms with Crippen LogP contribution in [0.15, 0.2) is 27.6 Å². The van der Waals surface area contributed by atoms with Crippen molar-refractivity contribution in [3.05, 3.63) is 33.2 Å². The van der Waals surface area contributed by atoms with Gasteiger partial charge in [0.15, 0.2) is 0 Å². The summed E-state index contributed by atoms with van der Waals surface area (Å²) in [6, 6.07) is 3.20. The number of rotatable bonds is 6. The summed E-state index contributed by atoms with van der Waals surface area (Å²) in [4.78, 5) is 22.7. The maximum Gasteiger partial charge on any atom is 0.250 e. The Hall–Kier alpha value is -1.14. The molecule has 1 aromatic heterocycles. The van der Waals surface area contributed by atoms with Gasteiger partial charge in [-0.05, 0) is 28.4 Å². The number of hydrogen-bond donors (Lipinski definition) is 2. The molecule has 0 aromatic carbocycles. The van der Waals surface area contributed by atoms with Gasteiger partial charge in [-0.15, -0.1) is 0 Å². The molecule has 17 heavy (non-hydrogen) atoms. The topological polar surface area (TPSA) is 77.1 Å². The second kappa shape index (κ2) is 7.24. The van der Waals surface area contributed by atoms with E-state index in [1.807, 2.05) is 0 Å². The molecule has 0 fully saturated rings. The first-order valence-electron chi connectivity index (χ1n) is 5.46. The summed E-state index contributed by atoms with van der Waals surface area (Å²) in [5.74, 6) is -0.0292. The Balaban J connectivity index is 2.38. The Bertz CT molecular complexity index is 431. The highest BCUT2D eigenvalue weighted by molar-refractivity contribution is 9.10. The van der Waals surface area contributed by atoms with Crippen molar-refractivity contribution >= 4 is 21.8 Å². The summed E-state index contributed by atoms with van der Waals surface area (Å²) in [5, 5.41) is 2.68. The number of amides is 1. The fourth-order valence-electron chi connectivity index (χ4n) is 1.39. The van der Waals surface area contributed by atoms with Crippen LogP contribution in [0, 0.1) is 0 Å². The van der Waals surface area contributed by atoms with Gasteiger partial charge in [0.05, 0.1) is 0 Å². The third-order valence-electron chi connectivity index (χ3n) is 2.22. The molecule has 0 spiro atoms. The molecule has 0 bridgehead atoms. The molecular weight excluding hydrogens is 286 g/mol. The van der Waals surface area contributed by atoms with E-state index in [-0.39, 0.29) is 11.5 Å². The summed E-state index contributed by atoms with van der Waals surface area (Å²) < 4.78 is 2.44. The molecule has 0 radical (unpaired) electrons. The lowest BCUT2D eigenvalue weighted by Gasteiger charge is -2.06. The van der Waals surface area contributed by atoms with Gasteiger partial charge in [0.1, 0.15) is 0 Å². The minimum Gasteiger partial charge on any atom is -0.355 e. The lowest BCUT2D eigenvalue weighted by atomic mass is 10.3. The minimum absolute atomic E-state index is 0.0292. The molecule has 1 amide bonds. The highest BCUT2D eigenvalue weighted by Crippen LogP contribution is 2.05. The van der Waals surface area contributed by atoms with Crippen LogP contribution in [0.3, 0.4) is 0 Å². The molecule has 1 heterocycles. The molecule has 0 aliphatic heterocycles. The zero-order valence-electron chi connectivity index (χ0n) is 9.49. The monoisotopic (exact) mass is 301 g/mol. The van der Waals surface area contributed by atoms with Crippen LogP contribution >= 0.6 is 15.9 Å². The molecule has 0 unspecified atom stereocenters. The molecular formula is C11H16BrN3O2. The van der Waals surface area contributed by atoms with Crippen LogP contribution in [-0.4, -0.2) is 23.6 Å². The number of aromatic nitrogens is 1. The van der Waals surface area contributed by atoms with Crippen LogP contribution in [0.25, 0.3) is 0 Å². The first kappa shape index (κ1) is 13.9. The average molecular weight is 302 g/mol. The summed E-state index contributed by atoms with van der Waals surface area (Å²) in [5.41, 5.74) is 5.21. The van der Waals surface area contributed by atoms with E-state index in [4.69, 9.17) is 5.73 Å². The quantitative estimate of drug-likeness (QED) is 0.802. The van der Waals surface area contributed by atoms with Gasteiger partial charge < -0.3 is 15.6 Å². The summed E-state index contributed by atoms with van der Waals surface area (Å²) in [6.07, 6.45) is 2.76. The molecule has 1 rings (SSSR count). The Labute approximate surface area is 108 Å². The molecule has 0 aliphatic rings. The van der Waals surface area contributed by atoms with Gasteiger partial charge in [0, 0.05) is 42.8 Å². The summed E-state index contributed by atoms with van der Waals surface area (Å²) in [7, 11) is 0. The highest BCUT2D eigenvalue weighted by atomic mass is 79.9. The van der Waals surface area contributed by atoms with E-state index in [1.54, 1.807) is 16.8 Å². The zero-order chi connectivity index (χ0) is 12.7. The van der Waals surface area contributed by atoms with Crippen LogP contribution in [0.4, 0.5) is 0 Å². The molecule has 0 saturated heterocycles. The van der Waals surface area contributed by atoms with Gasteiger partial charge in [-0.25, -0.2) is 0 Å². The number of aryl methyl sites for hydroxylation is 1. The molecule has 1 aromatic rings. The number of carbonyl (C=O) groups is 1. The molecule has 0 saturated carbocycles. The number of nitrogens with two attached hydrogens (primary N) is 1. The Morgan fingerprint density at radius 2 is 2.24 bits per heavy atom. The van der Waals surface area contributed by atoms with Crippen LogP contribution in [-0.2, 0) is 11.3 Å². The van der Waals surface area contributed by atoms with E-state index >= 15 is 0 Å². The highest BCUT2D eigenvalue weighted by Gasteiger charge is 2.01. The smallest absolute Gasteiger partial charge is 0.250 e. The number of hydrogen-bond acceptors (Lipinski definition) is 3. The second-order valence-electron chi connectivity index (χ2n) is 3.62. The van der Waals surface area contributed by atoms with E-state index in [9.17, 15) is 9.59 Å². The van der Waals surface area contributed by atoms with E-state index in [0.717, 1.165) is 4.47 Å². The largest absolute Gasteiger partial charge is 0.355 e. The van der Waals surface area contributed by atoms with Crippen molar-refractivity contribution in [2.75, 3.05) is 13.1 Å². The number of carbonyl (C=O) groups excluding carboxylic acids is 1. The molecule has 0 aliphatic carbocycles. The lowest BCUT2D eigenvalue weighted by Crippen LogP contribution is -2.29. The third-order valence-corrected chi connectivity index (χ3v) is 2.69. The number of halogens is 1. The fourth-order valence-corrected chi connectivity index (χ4v) is 1.77. The van der Waals surface area contributed by atoms with Gasteiger partial charge in [0.2, 0.25) is 5.91 Å². The molecule has 5 nitrogen and oxygen atoms in total. The van der Waals surface area contributed by atoms with Crippen molar-refractivity contribution in [3.63, 3.8) is 0 Å². The van der Waals surface area contributed by atoms with E-state index in [1.165, 1.54) is 6.07 Å². The van der Waals surface area contributed by atoms with Crippen LogP contribution in [0.5, 0.6) is 0 Å². The van der Waals surface area contributed by atoms with Crippen molar-refractivity contribution < 1.29 is 4.79 Å². The van der Waals surface area contributed by atoms with Crippen LogP contribution < -0.4 is 16.6 Å². The molecule has 3 N–H and O–H groups in total. The van der Waals surface area contributed by atoms with Crippen molar-refractivity contribution in [3.8, 4) is 0 Å². The van der Waals surface area contributed by atoms with Crippen molar-refractivity contribution in [1.82, 2.24) is 9.88 Å². The predicted octanol–water partition coefficient (Wildman–Crippen LogP) is 0.466. The number of pyridine rings is 1. The van der Waals surface area contributed by atoms with Crippen LogP contribution in [0.1, 0.15) is 12.8 Å². The van der Waals surface area contributed by atoms with E-state index < -0.39 is 0 Å². The fraction of sp³-hybridized carbons (Fsp3) is 0.455. The SMILES string of the molecule is NCCNC(=O)CCCn1cc(Br)ccc1=O. The third kappa shape index (κ3) is 5.14. The zero-order valence-corrected chi connectivity index (χ0v) is 11.1. The average Bonchev–Trinajstić information content (AvgIpc) is 2.31. The van der Waals surface area contributed by atoms with Gasteiger partial charge in [-0.3, -0.25) is 9.59 Å². The number of nitrogens with one attached hydrogen (secondary N) is 1. The number of nitrogens with zero attached hydrogens (tertiary/aromatic N) is 1. The van der Waals surface area contributed by atoms with Gasteiger partial charge in [-0.1, -0.05) is 0 Å². The van der Waals surface area contributed by atoms with Gasteiger partial charge in [-0.2, -0.15) is 0 Å². The van der Waals surface area contributed by atoms with Crippen molar-refractivity contribution in [2.45, 2.75) is 19.4 Å². The van der Waals surface area contributed by atoms with Gasteiger partial charge in [0.25, 0.3) is 5.56 Å². The van der Waals surface area contributed by atoms with Crippen molar-refractivity contribution in [1.29, 1.82) is 0 Å². The first-order chi connectivity index (χ1) is 8.13. The maximum absolute atomic E-state index is 11.4. The maximum atomic E-state index is 11.4. The van der Waals surface area contributed by atoms with Crippen LogP contribution in [0.2, 0.25) is 0 Å². The summed E-state index contributed by atoms with van der Waals surface area (Å²) in [6.45, 7) is 1.47. The molecule has 0 atom stereocenters.